The van der Waals surface area contributed by atoms with Gasteiger partial charge in [0.05, 0.1) is 6.04 Å². The van der Waals surface area contributed by atoms with Crippen molar-refractivity contribution >= 4 is 15.9 Å². The van der Waals surface area contributed by atoms with Crippen LogP contribution < -0.4 is 5.73 Å². The lowest BCUT2D eigenvalue weighted by Crippen LogP contribution is -2.16. The van der Waals surface area contributed by atoms with Gasteiger partial charge in [-0.1, -0.05) is 34.9 Å². The molecule has 0 spiro atoms. The normalized spacial score (nSPS) is 13.0. The third-order valence-electron chi connectivity index (χ3n) is 2.61. The molecule has 0 aliphatic heterocycles. The van der Waals surface area contributed by atoms with Crippen LogP contribution in [0.5, 0.6) is 0 Å². The number of hydrogen-bond donors (Lipinski definition) is 1. The second kappa shape index (κ2) is 5.16. The van der Waals surface area contributed by atoms with E-state index in [1.807, 2.05) is 13.8 Å². The molecular weight excluding hydrogens is 301 g/mol. The van der Waals surface area contributed by atoms with Gasteiger partial charge in [-0.25, -0.2) is 4.39 Å². The van der Waals surface area contributed by atoms with E-state index in [9.17, 15) is 4.39 Å². The molecule has 1 atom stereocenters. The summed E-state index contributed by atoms with van der Waals surface area (Å²) in [6.07, 6.45) is 0. The topological polar surface area (TPSA) is 64.9 Å². The Labute approximate surface area is 113 Å². The Morgan fingerprint density at radius 2 is 2.11 bits per heavy atom. The molecule has 0 unspecified atom stereocenters. The van der Waals surface area contributed by atoms with E-state index in [1.54, 1.807) is 6.07 Å². The minimum atomic E-state index is -0.354. The molecule has 6 heteroatoms. The number of nitrogens with zero attached hydrogens (tertiary/aromatic N) is 2. The summed E-state index contributed by atoms with van der Waals surface area (Å²) in [4.78, 5) is 4.20. The van der Waals surface area contributed by atoms with E-state index >= 15 is 0 Å². The van der Waals surface area contributed by atoms with Crippen molar-refractivity contribution in [3.63, 3.8) is 0 Å². The molecule has 1 aromatic heterocycles. The van der Waals surface area contributed by atoms with Gasteiger partial charge in [0.2, 0.25) is 11.7 Å². The molecule has 0 saturated carbocycles. The van der Waals surface area contributed by atoms with Gasteiger partial charge >= 0.3 is 0 Å². The third-order valence-corrected chi connectivity index (χ3v) is 3.31. The van der Waals surface area contributed by atoms with Crippen LogP contribution in [0.4, 0.5) is 4.39 Å². The van der Waals surface area contributed by atoms with Gasteiger partial charge in [-0.3, -0.25) is 0 Å². The van der Waals surface area contributed by atoms with Gasteiger partial charge in [0.1, 0.15) is 5.82 Å². The van der Waals surface area contributed by atoms with Crippen LogP contribution in [0.3, 0.4) is 0 Å². The zero-order chi connectivity index (χ0) is 13.3. The van der Waals surface area contributed by atoms with Gasteiger partial charge in [0.25, 0.3) is 0 Å². The van der Waals surface area contributed by atoms with E-state index in [2.05, 4.69) is 26.1 Å². The van der Waals surface area contributed by atoms with Crippen LogP contribution in [0.1, 0.15) is 25.8 Å². The lowest BCUT2D eigenvalue weighted by molar-refractivity contribution is 0.325. The lowest BCUT2D eigenvalue weighted by Gasteiger charge is -2.09. The molecule has 0 bridgehead atoms. The first-order valence-corrected chi connectivity index (χ1v) is 6.33. The highest BCUT2D eigenvalue weighted by Crippen LogP contribution is 2.28. The molecule has 0 fully saturated rings. The molecule has 2 rings (SSSR count). The van der Waals surface area contributed by atoms with Crippen LogP contribution >= 0.6 is 15.9 Å². The predicted molar refractivity (Wildman–Crippen MR) is 69.2 cm³/mol. The monoisotopic (exact) mass is 313 g/mol. The zero-order valence-electron chi connectivity index (χ0n) is 10.0. The van der Waals surface area contributed by atoms with E-state index in [4.69, 9.17) is 10.3 Å². The van der Waals surface area contributed by atoms with E-state index in [0.717, 1.165) is 0 Å². The molecule has 2 aromatic rings. The van der Waals surface area contributed by atoms with Crippen LogP contribution in [0.25, 0.3) is 11.4 Å². The fourth-order valence-electron chi connectivity index (χ4n) is 1.43. The van der Waals surface area contributed by atoms with Crippen LogP contribution in [0.15, 0.2) is 27.2 Å². The summed E-state index contributed by atoms with van der Waals surface area (Å²) in [6.45, 7) is 3.93. The highest BCUT2D eigenvalue weighted by atomic mass is 79.9. The van der Waals surface area contributed by atoms with Crippen molar-refractivity contribution < 1.29 is 8.91 Å². The summed E-state index contributed by atoms with van der Waals surface area (Å²) in [5.41, 5.74) is 6.46. The number of hydrogen-bond acceptors (Lipinski definition) is 4. The Hall–Kier alpha value is -1.27. The molecule has 4 nitrogen and oxygen atoms in total. The first-order valence-electron chi connectivity index (χ1n) is 5.53. The molecule has 18 heavy (non-hydrogen) atoms. The predicted octanol–water partition coefficient (Wildman–Crippen LogP) is 3.29. The fraction of sp³-hybridized carbons (Fsp3) is 0.333. The lowest BCUT2D eigenvalue weighted by atomic mass is 10.1. The minimum Gasteiger partial charge on any atom is -0.337 e. The Bertz CT molecular complexity index is 556. The van der Waals surface area contributed by atoms with Crippen molar-refractivity contribution in [3.05, 3.63) is 34.4 Å². The van der Waals surface area contributed by atoms with Crippen molar-refractivity contribution in [2.24, 2.45) is 11.7 Å². The summed E-state index contributed by atoms with van der Waals surface area (Å²) in [5, 5.41) is 3.83. The van der Waals surface area contributed by atoms with Gasteiger partial charge < -0.3 is 10.3 Å². The average Bonchev–Trinajstić information content (AvgIpc) is 2.80. The highest BCUT2D eigenvalue weighted by Gasteiger charge is 2.19. The summed E-state index contributed by atoms with van der Waals surface area (Å²) in [7, 11) is 0. The van der Waals surface area contributed by atoms with Gasteiger partial charge in [0, 0.05) is 10.0 Å². The molecule has 1 heterocycles. The second-order valence-electron chi connectivity index (χ2n) is 4.35. The van der Waals surface area contributed by atoms with E-state index < -0.39 is 0 Å². The zero-order valence-corrected chi connectivity index (χ0v) is 11.6. The standard InChI is InChI=1S/C12H13BrFN3O/c1-6(2)10(15)12-16-11(17-18-12)8-5-7(14)3-4-9(8)13/h3-6,10H,15H2,1-2H3/t10-/m1/s1. The Balaban J connectivity index is 2.38. The molecule has 0 amide bonds. The van der Waals surface area contributed by atoms with Crippen molar-refractivity contribution in [2.75, 3.05) is 0 Å². The molecule has 2 N–H and O–H groups in total. The molecule has 0 radical (unpaired) electrons. The number of aromatic nitrogens is 2. The minimum absolute atomic E-state index is 0.189. The Morgan fingerprint density at radius 3 is 2.78 bits per heavy atom. The van der Waals surface area contributed by atoms with Crippen LogP contribution in [-0.4, -0.2) is 10.1 Å². The smallest absolute Gasteiger partial charge is 0.244 e. The molecule has 96 valence electrons. The quantitative estimate of drug-likeness (QED) is 0.944. The second-order valence-corrected chi connectivity index (χ2v) is 5.20. The van der Waals surface area contributed by atoms with E-state index in [1.165, 1.54) is 12.1 Å². The summed E-state index contributed by atoms with van der Waals surface area (Å²) >= 11 is 3.32. The summed E-state index contributed by atoms with van der Waals surface area (Å²) in [6, 6.07) is 3.98. The van der Waals surface area contributed by atoms with Crippen molar-refractivity contribution in [3.8, 4) is 11.4 Å². The molecule has 0 aliphatic carbocycles. The molecule has 1 aromatic carbocycles. The Morgan fingerprint density at radius 1 is 1.39 bits per heavy atom. The summed E-state index contributed by atoms with van der Waals surface area (Å²) in [5.74, 6) is 0.519. The third kappa shape index (κ3) is 2.59. The largest absolute Gasteiger partial charge is 0.337 e. The number of benzene rings is 1. The molecule has 0 saturated heterocycles. The van der Waals surface area contributed by atoms with Crippen molar-refractivity contribution in [1.82, 2.24) is 10.1 Å². The maximum absolute atomic E-state index is 13.2. The fourth-order valence-corrected chi connectivity index (χ4v) is 1.86. The van der Waals surface area contributed by atoms with Gasteiger partial charge in [-0.05, 0) is 24.1 Å². The van der Waals surface area contributed by atoms with Crippen molar-refractivity contribution in [2.45, 2.75) is 19.9 Å². The van der Waals surface area contributed by atoms with E-state index in [-0.39, 0.29) is 17.8 Å². The van der Waals surface area contributed by atoms with Crippen LogP contribution in [0.2, 0.25) is 0 Å². The maximum atomic E-state index is 13.2. The number of nitrogens with two attached hydrogens (primary N) is 1. The molecule has 0 aliphatic rings. The van der Waals surface area contributed by atoms with Crippen LogP contribution in [0, 0.1) is 11.7 Å². The number of rotatable bonds is 3. The van der Waals surface area contributed by atoms with Crippen LogP contribution in [-0.2, 0) is 0 Å². The Kier molecular flexibility index (Phi) is 3.77. The first-order chi connectivity index (χ1) is 8.49. The summed E-state index contributed by atoms with van der Waals surface area (Å²) < 4.78 is 19.0. The first kappa shape index (κ1) is 13.2. The van der Waals surface area contributed by atoms with E-state index in [0.29, 0.717) is 21.8 Å². The maximum Gasteiger partial charge on any atom is 0.244 e. The van der Waals surface area contributed by atoms with Gasteiger partial charge in [0.15, 0.2) is 0 Å². The van der Waals surface area contributed by atoms with Gasteiger partial charge in [-0.2, -0.15) is 4.98 Å². The van der Waals surface area contributed by atoms with Crippen molar-refractivity contribution in [1.29, 1.82) is 0 Å². The number of halogens is 2. The average molecular weight is 314 g/mol. The highest BCUT2D eigenvalue weighted by molar-refractivity contribution is 9.10. The SMILES string of the molecule is CC(C)[C@@H](N)c1nc(-c2cc(F)ccc2Br)no1. The molecular formula is C12H13BrFN3O. The van der Waals surface area contributed by atoms with Gasteiger partial charge in [-0.15, -0.1) is 0 Å².